The van der Waals surface area contributed by atoms with Gasteiger partial charge in [0.05, 0.1) is 6.61 Å². The fraction of sp³-hybridized carbons (Fsp3) is 0.857. The summed E-state index contributed by atoms with van der Waals surface area (Å²) >= 11 is 0. The normalized spacial score (nSPS) is 10.2. The van der Waals surface area contributed by atoms with E-state index in [-0.39, 0.29) is 11.8 Å². The first-order valence-corrected chi connectivity index (χ1v) is 7.25. The van der Waals surface area contributed by atoms with Gasteiger partial charge in [0.2, 0.25) is 11.8 Å². The fourth-order valence-corrected chi connectivity index (χ4v) is 1.60. The van der Waals surface area contributed by atoms with Gasteiger partial charge in [0.1, 0.15) is 0 Å². The Hall–Kier alpha value is -1.10. The summed E-state index contributed by atoms with van der Waals surface area (Å²) in [6.07, 6.45) is 6.75. The highest BCUT2D eigenvalue weighted by Gasteiger charge is 2.02. The van der Waals surface area contributed by atoms with Gasteiger partial charge in [-0.05, 0) is 6.42 Å². The molecule has 0 rings (SSSR count). The highest BCUT2D eigenvalue weighted by Crippen LogP contribution is 2.02. The molecule has 0 unspecified atom stereocenters. The van der Waals surface area contributed by atoms with Crippen molar-refractivity contribution in [3.8, 4) is 0 Å². The van der Waals surface area contributed by atoms with Crippen LogP contribution in [0.5, 0.6) is 0 Å². The molecule has 0 aromatic carbocycles. The van der Waals surface area contributed by atoms with Gasteiger partial charge in [-0.25, -0.2) is 0 Å². The van der Waals surface area contributed by atoms with Crippen LogP contribution in [0.4, 0.5) is 0 Å². The van der Waals surface area contributed by atoms with Gasteiger partial charge < -0.3 is 15.4 Å². The van der Waals surface area contributed by atoms with E-state index in [0.717, 1.165) is 13.0 Å². The van der Waals surface area contributed by atoms with Crippen LogP contribution in [0.3, 0.4) is 0 Å². The average molecular weight is 272 g/mol. The van der Waals surface area contributed by atoms with Crippen molar-refractivity contribution in [2.24, 2.45) is 0 Å². The van der Waals surface area contributed by atoms with Crippen LogP contribution in [-0.2, 0) is 14.3 Å². The van der Waals surface area contributed by atoms with Gasteiger partial charge in [0, 0.05) is 33.0 Å². The smallest absolute Gasteiger partial charge is 0.222 e. The van der Waals surface area contributed by atoms with E-state index in [0.29, 0.717) is 26.0 Å². The molecule has 112 valence electrons. The van der Waals surface area contributed by atoms with Gasteiger partial charge in [-0.2, -0.15) is 0 Å². The number of amides is 2. The predicted octanol–water partition coefficient (Wildman–Crippen LogP) is 1.62. The molecule has 19 heavy (non-hydrogen) atoms. The van der Waals surface area contributed by atoms with Crippen molar-refractivity contribution in [2.75, 3.05) is 26.8 Å². The van der Waals surface area contributed by atoms with E-state index in [1.165, 1.54) is 25.7 Å². The Balaban J connectivity index is 3.22. The summed E-state index contributed by atoms with van der Waals surface area (Å²) in [5.74, 6) is -0.126. The number of carbonyl (C=O) groups excluding carboxylic acids is 2. The number of rotatable bonds is 12. The third-order valence-electron chi connectivity index (χ3n) is 2.82. The van der Waals surface area contributed by atoms with E-state index in [4.69, 9.17) is 4.74 Å². The Morgan fingerprint density at radius 1 is 0.947 bits per heavy atom. The fourth-order valence-electron chi connectivity index (χ4n) is 1.60. The van der Waals surface area contributed by atoms with Gasteiger partial charge >= 0.3 is 0 Å². The van der Waals surface area contributed by atoms with Crippen molar-refractivity contribution in [1.82, 2.24) is 10.6 Å². The molecular weight excluding hydrogens is 244 g/mol. The van der Waals surface area contributed by atoms with Gasteiger partial charge in [-0.15, -0.1) is 0 Å². The number of carbonyl (C=O) groups is 2. The molecule has 0 saturated heterocycles. The van der Waals surface area contributed by atoms with Crippen LogP contribution in [0.25, 0.3) is 0 Å². The van der Waals surface area contributed by atoms with Gasteiger partial charge in [0.15, 0.2) is 0 Å². The lowest BCUT2D eigenvalue weighted by molar-refractivity contribution is -0.122. The lowest BCUT2D eigenvalue weighted by Crippen LogP contribution is -2.29. The number of ether oxygens (including phenoxy) is 1. The minimum atomic E-state index is -0.0661. The summed E-state index contributed by atoms with van der Waals surface area (Å²) in [7, 11) is 1.58. The molecule has 0 aliphatic rings. The zero-order valence-electron chi connectivity index (χ0n) is 12.3. The monoisotopic (exact) mass is 272 g/mol. The van der Waals surface area contributed by atoms with E-state index >= 15 is 0 Å². The second-order valence-corrected chi connectivity index (χ2v) is 4.55. The Morgan fingerprint density at radius 3 is 2.37 bits per heavy atom. The number of hydrogen-bond acceptors (Lipinski definition) is 3. The first kappa shape index (κ1) is 17.9. The third-order valence-corrected chi connectivity index (χ3v) is 2.82. The van der Waals surface area contributed by atoms with Crippen LogP contribution in [-0.4, -0.2) is 38.6 Å². The number of nitrogens with one attached hydrogen (secondary N) is 2. The molecule has 5 nitrogen and oxygen atoms in total. The SMILES string of the molecule is CCCCCCCOCCC(=O)NCCC(=O)NC. The molecule has 5 heteroatoms. The van der Waals surface area contributed by atoms with E-state index in [9.17, 15) is 9.59 Å². The number of unbranched alkanes of at least 4 members (excludes halogenated alkanes) is 4. The van der Waals surface area contributed by atoms with Crippen molar-refractivity contribution in [3.05, 3.63) is 0 Å². The van der Waals surface area contributed by atoms with Crippen LogP contribution in [0.15, 0.2) is 0 Å². The quantitative estimate of drug-likeness (QED) is 0.530. The Morgan fingerprint density at radius 2 is 1.68 bits per heavy atom. The first-order valence-electron chi connectivity index (χ1n) is 7.25. The molecule has 0 bridgehead atoms. The summed E-state index contributed by atoms with van der Waals surface area (Å²) in [4.78, 5) is 22.3. The van der Waals surface area contributed by atoms with Crippen LogP contribution in [0.2, 0.25) is 0 Å². The maximum absolute atomic E-state index is 11.4. The topological polar surface area (TPSA) is 67.4 Å². The second kappa shape index (κ2) is 13.3. The lowest BCUT2D eigenvalue weighted by Gasteiger charge is -2.06. The van der Waals surface area contributed by atoms with E-state index in [1.807, 2.05) is 0 Å². The van der Waals surface area contributed by atoms with Crippen molar-refractivity contribution >= 4 is 11.8 Å². The van der Waals surface area contributed by atoms with Crippen molar-refractivity contribution in [1.29, 1.82) is 0 Å². The first-order chi connectivity index (χ1) is 9.20. The zero-order chi connectivity index (χ0) is 14.3. The standard InChI is InChI=1S/C14H28N2O3/c1-3-4-5-6-7-11-19-12-9-14(18)16-10-8-13(17)15-2/h3-12H2,1-2H3,(H,15,17)(H,16,18). The van der Waals surface area contributed by atoms with Crippen molar-refractivity contribution in [2.45, 2.75) is 51.9 Å². The van der Waals surface area contributed by atoms with Crippen LogP contribution < -0.4 is 10.6 Å². The summed E-state index contributed by atoms with van der Waals surface area (Å²) in [5, 5.41) is 5.19. The average Bonchev–Trinajstić information content (AvgIpc) is 2.41. The van der Waals surface area contributed by atoms with Crippen molar-refractivity contribution < 1.29 is 14.3 Å². The van der Waals surface area contributed by atoms with Crippen molar-refractivity contribution in [3.63, 3.8) is 0 Å². The van der Waals surface area contributed by atoms with Crippen LogP contribution in [0, 0.1) is 0 Å². The lowest BCUT2D eigenvalue weighted by atomic mass is 10.2. The largest absolute Gasteiger partial charge is 0.381 e. The molecule has 0 aliphatic heterocycles. The van der Waals surface area contributed by atoms with Gasteiger partial charge in [0.25, 0.3) is 0 Å². The highest BCUT2D eigenvalue weighted by molar-refractivity contribution is 5.78. The molecule has 0 fully saturated rings. The minimum Gasteiger partial charge on any atom is -0.381 e. The molecule has 0 saturated carbocycles. The molecule has 0 aromatic rings. The minimum absolute atomic E-state index is 0.0603. The maximum Gasteiger partial charge on any atom is 0.222 e. The predicted molar refractivity (Wildman–Crippen MR) is 75.9 cm³/mol. The molecule has 0 aromatic heterocycles. The molecule has 0 radical (unpaired) electrons. The van der Waals surface area contributed by atoms with E-state index < -0.39 is 0 Å². The molecule has 0 spiro atoms. The summed E-state index contributed by atoms with van der Waals surface area (Å²) < 4.78 is 5.39. The van der Waals surface area contributed by atoms with Gasteiger partial charge in [-0.1, -0.05) is 32.6 Å². The molecular formula is C14H28N2O3. The Labute approximate surface area is 116 Å². The molecule has 0 heterocycles. The zero-order valence-corrected chi connectivity index (χ0v) is 12.3. The molecule has 0 aliphatic carbocycles. The Kier molecular flexibility index (Phi) is 12.6. The maximum atomic E-state index is 11.4. The van der Waals surface area contributed by atoms with E-state index in [1.54, 1.807) is 7.05 Å². The van der Waals surface area contributed by atoms with Gasteiger partial charge in [-0.3, -0.25) is 9.59 Å². The molecule has 2 amide bonds. The van der Waals surface area contributed by atoms with E-state index in [2.05, 4.69) is 17.6 Å². The summed E-state index contributed by atoms with van der Waals surface area (Å²) in [6.45, 7) is 3.77. The van der Waals surface area contributed by atoms with Crippen LogP contribution >= 0.6 is 0 Å². The summed E-state index contributed by atoms with van der Waals surface area (Å²) in [6, 6.07) is 0. The second-order valence-electron chi connectivity index (χ2n) is 4.55. The molecule has 0 atom stereocenters. The Bertz CT molecular complexity index is 245. The number of hydrogen-bond donors (Lipinski definition) is 2. The van der Waals surface area contributed by atoms with Crippen LogP contribution in [0.1, 0.15) is 51.9 Å². The third kappa shape index (κ3) is 13.1. The summed E-state index contributed by atoms with van der Waals surface area (Å²) in [5.41, 5.74) is 0. The molecule has 2 N–H and O–H groups in total. The highest BCUT2D eigenvalue weighted by atomic mass is 16.5.